The topological polar surface area (TPSA) is 20.2 Å². The minimum absolute atomic E-state index is 0.209. The maximum absolute atomic E-state index is 9.86. The molecule has 1 aliphatic carbocycles. The van der Waals surface area contributed by atoms with E-state index in [0.717, 1.165) is 19.3 Å². The molecule has 0 spiro atoms. The molecular formula is C10H16O. The van der Waals surface area contributed by atoms with E-state index in [1.54, 1.807) is 0 Å². The highest BCUT2D eigenvalue weighted by molar-refractivity contribution is 5.08. The Morgan fingerprint density at radius 2 is 2.18 bits per heavy atom. The molecule has 0 amide bonds. The van der Waals surface area contributed by atoms with Gasteiger partial charge in [-0.2, -0.15) is 0 Å². The second-order valence-corrected chi connectivity index (χ2v) is 3.55. The first-order valence-electron chi connectivity index (χ1n) is 4.31. The van der Waals surface area contributed by atoms with E-state index in [2.05, 4.69) is 11.8 Å². The third kappa shape index (κ3) is 1.97. The molecule has 1 nitrogen and oxygen atoms in total. The molecule has 1 saturated carbocycles. The molecule has 1 fully saturated rings. The molecule has 11 heavy (non-hydrogen) atoms. The lowest BCUT2D eigenvalue weighted by Crippen LogP contribution is -2.36. The average Bonchev–Trinajstić information content (AvgIpc) is 1.94. The van der Waals surface area contributed by atoms with E-state index < -0.39 is 5.60 Å². The zero-order valence-electron chi connectivity index (χ0n) is 7.35. The Kier molecular flexibility index (Phi) is 2.57. The molecule has 1 aliphatic rings. The van der Waals surface area contributed by atoms with Crippen molar-refractivity contribution in [2.75, 3.05) is 0 Å². The molecule has 0 aromatic carbocycles. The minimum Gasteiger partial charge on any atom is -0.389 e. The summed E-state index contributed by atoms with van der Waals surface area (Å²) < 4.78 is 0. The van der Waals surface area contributed by atoms with Gasteiger partial charge in [0.05, 0.1) is 5.60 Å². The molecule has 0 aromatic rings. The van der Waals surface area contributed by atoms with Gasteiger partial charge in [-0.25, -0.2) is 0 Å². The van der Waals surface area contributed by atoms with E-state index in [1.807, 2.05) is 13.8 Å². The van der Waals surface area contributed by atoms with Gasteiger partial charge in [0.1, 0.15) is 0 Å². The molecule has 0 unspecified atom stereocenters. The largest absolute Gasteiger partial charge is 0.389 e. The summed E-state index contributed by atoms with van der Waals surface area (Å²) in [5, 5.41) is 9.86. The summed E-state index contributed by atoms with van der Waals surface area (Å²) in [6.45, 7) is 3.74. The predicted molar refractivity (Wildman–Crippen MR) is 46.0 cm³/mol. The summed E-state index contributed by atoms with van der Waals surface area (Å²) in [4.78, 5) is 0. The van der Waals surface area contributed by atoms with Crippen LogP contribution in [0.1, 0.15) is 39.5 Å². The third-order valence-corrected chi connectivity index (χ3v) is 2.49. The van der Waals surface area contributed by atoms with Gasteiger partial charge in [-0.1, -0.05) is 18.8 Å². The van der Waals surface area contributed by atoms with Crippen molar-refractivity contribution in [2.45, 2.75) is 45.1 Å². The van der Waals surface area contributed by atoms with Gasteiger partial charge in [0.15, 0.2) is 0 Å². The van der Waals surface area contributed by atoms with Crippen LogP contribution in [0.5, 0.6) is 0 Å². The van der Waals surface area contributed by atoms with Crippen LogP contribution in [0.15, 0.2) is 0 Å². The van der Waals surface area contributed by atoms with Crippen LogP contribution in [0.2, 0.25) is 0 Å². The fraction of sp³-hybridized carbons (Fsp3) is 0.800. The number of hydrogen-bond acceptors (Lipinski definition) is 1. The Balaban J connectivity index is 2.64. The molecule has 0 saturated heterocycles. The Morgan fingerprint density at radius 1 is 1.45 bits per heavy atom. The highest BCUT2D eigenvalue weighted by atomic mass is 16.3. The van der Waals surface area contributed by atoms with E-state index in [-0.39, 0.29) is 5.92 Å². The van der Waals surface area contributed by atoms with Crippen molar-refractivity contribution >= 4 is 0 Å². The molecule has 0 aromatic heterocycles. The lowest BCUT2D eigenvalue weighted by molar-refractivity contribution is -0.00846. The third-order valence-electron chi connectivity index (χ3n) is 2.49. The van der Waals surface area contributed by atoms with Gasteiger partial charge in [0.25, 0.3) is 0 Å². The number of rotatable bonds is 0. The molecule has 0 heterocycles. The lowest BCUT2D eigenvalue weighted by Gasteiger charge is -2.33. The maximum Gasteiger partial charge on any atom is 0.0756 e. The van der Waals surface area contributed by atoms with Gasteiger partial charge < -0.3 is 5.11 Å². The van der Waals surface area contributed by atoms with Crippen molar-refractivity contribution < 1.29 is 5.11 Å². The summed E-state index contributed by atoms with van der Waals surface area (Å²) in [7, 11) is 0. The Labute approximate surface area is 68.8 Å². The van der Waals surface area contributed by atoms with Crippen LogP contribution < -0.4 is 0 Å². The molecule has 2 atom stereocenters. The maximum atomic E-state index is 9.86. The molecule has 1 N–H and O–H groups in total. The molecule has 62 valence electrons. The van der Waals surface area contributed by atoms with Crippen LogP contribution in [0.4, 0.5) is 0 Å². The van der Waals surface area contributed by atoms with Gasteiger partial charge >= 0.3 is 0 Å². The van der Waals surface area contributed by atoms with Gasteiger partial charge in [-0.15, -0.1) is 5.92 Å². The summed E-state index contributed by atoms with van der Waals surface area (Å²) in [6, 6.07) is 0. The minimum atomic E-state index is -0.527. The van der Waals surface area contributed by atoms with Gasteiger partial charge in [0, 0.05) is 5.92 Å². The molecule has 1 heteroatoms. The highest BCUT2D eigenvalue weighted by Crippen LogP contribution is 2.32. The fourth-order valence-corrected chi connectivity index (χ4v) is 1.72. The average molecular weight is 152 g/mol. The van der Waals surface area contributed by atoms with Crippen molar-refractivity contribution in [3.05, 3.63) is 0 Å². The van der Waals surface area contributed by atoms with Crippen LogP contribution >= 0.6 is 0 Å². The molecular weight excluding hydrogens is 136 g/mol. The first kappa shape index (κ1) is 8.62. The SMILES string of the molecule is CC#C[C@@H]1CCCC[C@@]1(C)O. The second kappa shape index (κ2) is 3.28. The van der Waals surface area contributed by atoms with Crippen LogP contribution in [-0.2, 0) is 0 Å². The quantitative estimate of drug-likeness (QED) is 0.526. The Morgan fingerprint density at radius 3 is 2.73 bits per heavy atom. The predicted octanol–water partition coefficient (Wildman–Crippen LogP) is 1.95. The Bertz CT molecular complexity index is 183. The van der Waals surface area contributed by atoms with Crippen LogP contribution in [-0.4, -0.2) is 10.7 Å². The normalized spacial score (nSPS) is 37.5. The fourth-order valence-electron chi connectivity index (χ4n) is 1.72. The van der Waals surface area contributed by atoms with E-state index in [1.165, 1.54) is 6.42 Å². The van der Waals surface area contributed by atoms with Gasteiger partial charge in [0.2, 0.25) is 0 Å². The van der Waals surface area contributed by atoms with Crippen molar-refractivity contribution in [1.29, 1.82) is 0 Å². The second-order valence-electron chi connectivity index (χ2n) is 3.55. The smallest absolute Gasteiger partial charge is 0.0756 e. The summed E-state index contributed by atoms with van der Waals surface area (Å²) in [5.41, 5.74) is -0.527. The summed E-state index contributed by atoms with van der Waals surface area (Å²) >= 11 is 0. The van der Waals surface area contributed by atoms with E-state index >= 15 is 0 Å². The molecule has 0 bridgehead atoms. The van der Waals surface area contributed by atoms with Crippen molar-refractivity contribution in [2.24, 2.45) is 5.92 Å². The zero-order valence-corrected chi connectivity index (χ0v) is 7.35. The number of hydrogen-bond donors (Lipinski definition) is 1. The first-order valence-corrected chi connectivity index (χ1v) is 4.31. The van der Waals surface area contributed by atoms with Crippen LogP contribution in [0.25, 0.3) is 0 Å². The van der Waals surface area contributed by atoms with Crippen molar-refractivity contribution in [3.63, 3.8) is 0 Å². The van der Waals surface area contributed by atoms with E-state index in [9.17, 15) is 5.11 Å². The van der Waals surface area contributed by atoms with E-state index in [4.69, 9.17) is 0 Å². The zero-order chi connectivity index (χ0) is 8.32. The van der Waals surface area contributed by atoms with Crippen molar-refractivity contribution in [1.82, 2.24) is 0 Å². The molecule has 1 rings (SSSR count). The van der Waals surface area contributed by atoms with E-state index in [0.29, 0.717) is 0 Å². The van der Waals surface area contributed by atoms with Crippen molar-refractivity contribution in [3.8, 4) is 11.8 Å². The summed E-state index contributed by atoms with van der Waals surface area (Å²) in [6.07, 6.45) is 4.34. The monoisotopic (exact) mass is 152 g/mol. The first-order chi connectivity index (χ1) is 5.17. The van der Waals surface area contributed by atoms with Gasteiger partial charge in [-0.3, -0.25) is 0 Å². The molecule has 0 radical (unpaired) electrons. The standard InChI is InChI=1S/C10H16O/c1-3-6-9-7-4-5-8-10(9,2)11/h9,11H,4-5,7-8H2,1-2H3/t9-,10-/m1/s1. The van der Waals surface area contributed by atoms with Gasteiger partial charge in [-0.05, 0) is 26.7 Å². The van der Waals surface area contributed by atoms with Crippen LogP contribution in [0, 0.1) is 17.8 Å². The number of aliphatic hydroxyl groups is 1. The summed E-state index contributed by atoms with van der Waals surface area (Å²) in [5.74, 6) is 6.17. The van der Waals surface area contributed by atoms with Crippen LogP contribution in [0.3, 0.4) is 0 Å². The highest BCUT2D eigenvalue weighted by Gasteiger charge is 2.32. The molecule has 0 aliphatic heterocycles. The lowest BCUT2D eigenvalue weighted by atomic mass is 9.77. The Hall–Kier alpha value is -0.480.